The average molecular weight is 178 g/mol. The number of carbonyl (C=O) groups excluding carboxylic acids is 1. The van der Waals surface area contributed by atoms with E-state index in [1.54, 1.807) is 6.92 Å². The fourth-order valence-electron chi connectivity index (χ4n) is 0.762. The molecule has 0 aromatic carbocycles. The first-order chi connectivity index (χ1) is 6.34. The largest absolute Gasteiger partial charge is 0.348 e. The van der Waals surface area contributed by atoms with Crippen LogP contribution in [0.4, 0.5) is 0 Å². The summed E-state index contributed by atoms with van der Waals surface area (Å²) in [6, 6.07) is 0. The quantitative estimate of drug-likeness (QED) is 0.503. The van der Waals surface area contributed by atoms with E-state index in [1.807, 2.05) is 0 Å². The monoisotopic (exact) mass is 178 g/mol. The predicted molar refractivity (Wildman–Crippen MR) is 46.8 cm³/mol. The van der Waals surface area contributed by atoms with Crippen LogP contribution in [-0.2, 0) is 0 Å². The van der Waals surface area contributed by atoms with Crippen molar-refractivity contribution >= 4 is 5.91 Å². The van der Waals surface area contributed by atoms with Crippen molar-refractivity contribution in [1.82, 2.24) is 20.5 Å². The van der Waals surface area contributed by atoms with Crippen LogP contribution < -0.4 is 5.32 Å². The van der Waals surface area contributed by atoms with Crippen molar-refractivity contribution in [2.75, 3.05) is 6.54 Å². The zero-order valence-corrected chi connectivity index (χ0v) is 7.29. The number of nitrogens with one attached hydrogen (secondary N) is 2. The second kappa shape index (κ2) is 4.93. The maximum absolute atomic E-state index is 11.2. The number of hydrogen-bond donors (Lipinski definition) is 2. The fraction of sp³-hybridized carbons (Fsp3) is 0.375. The standard InChI is InChI=1S/C8H10N4O/c1-2-3-4-5-9-8(13)7-10-6-11-12-7/h6H,4-5H2,1H3,(H,9,13)(H,10,11,12). The van der Waals surface area contributed by atoms with Gasteiger partial charge in [-0.25, -0.2) is 4.98 Å². The molecular weight excluding hydrogens is 168 g/mol. The molecule has 0 spiro atoms. The number of hydrogen-bond acceptors (Lipinski definition) is 3. The van der Waals surface area contributed by atoms with Crippen molar-refractivity contribution in [3.05, 3.63) is 12.2 Å². The van der Waals surface area contributed by atoms with Crippen LogP contribution in [0, 0.1) is 11.8 Å². The number of H-pyrrole nitrogens is 1. The Morgan fingerprint density at radius 1 is 1.77 bits per heavy atom. The second-order valence-electron chi connectivity index (χ2n) is 2.27. The van der Waals surface area contributed by atoms with Gasteiger partial charge in [0.1, 0.15) is 6.33 Å². The number of rotatable bonds is 3. The van der Waals surface area contributed by atoms with Crippen molar-refractivity contribution < 1.29 is 4.79 Å². The van der Waals surface area contributed by atoms with Gasteiger partial charge in [0.25, 0.3) is 5.91 Å². The van der Waals surface area contributed by atoms with E-state index >= 15 is 0 Å². The van der Waals surface area contributed by atoms with Crippen molar-refractivity contribution in [2.24, 2.45) is 0 Å². The van der Waals surface area contributed by atoms with E-state index in [2.05, 4.69) is 32.3 Å². The van der Waals surface area contributed by atoms with E-state index in [-0.39, 0.29) is 11.7 Å². The molecule has 5 heteroatoms. The molecule has 1 heterocycles. The lowest BCUT2D eigenvalue weighted by Gasteiger charge is -1.97. The summed E-state index contributed by atoms with van der Waals surface area (Å²) in [6.45, 7) is 2.29. The minimum Gasteiger partial charge on any atom is -0.348 e. The van der Waals surface area contributed by atoms with Gasteiger partial charge >= 0.3 is 0 Å². The summed E-state index contributed by atoms with van der Waals surface area (Å²) in [7, 11) is 0. The Kier molecular flexibility index (Phi) is 3.51. The Balaban J connectivity index is 2.29. The molecule has 0 unspecified atom stereocenters. The van der Waals surface area contributed by atoms with Crippen molar-refractivity contribution in [3.63, 3.8) is 0 Å². The van der Waals surface area contributed by atoms with Crippen molar-refractivity contribution in [2.45, 2.75) is 13.3 Å². The molecule has 0 fully saturated rings. The molecule has 13 heavy (non-hydrogen) atoms. The van der Waals surface area contributed by atoms with E-state index in [4.69, 9.17) is 0 Å². The molecule has 1 amide bonds. The molecule has 5 nitrogen and oxygen atoms in total. The lowest BCUT2D eigenvalue weighted by molar-refractivity contribution is 0.0944. The highest BCUT2D eigenvalue weighted by Crippen LogP contribution is 1.84. The normalized spacial score (nSPS) is 8.69. The summed E-state index contributed by atoms with van der Waals surface area (Å²) in [4.78, 5) is 14.9. The summed E-state index contributed by atoms with van der Waals surface area (Å²) in [6.07, 6.45) is 1.94. The molecule has 0 bridgehead atoms. The van der Waals surface area contributed by atoms with Crippen LogP contribution in [0.15, 0.2) is 6.33 Å². The highest BCUT2D eigenvalue weighted by atomic mass is 16.2. The van der Waals surface area contributed by atoms with Gasteiger partial charge in [-0.3, -0.25) is 9.89 Å². The van der Waals surface area contributed by atoms with Gasteiger partial charge in [0.2, 0.25) is 5.82 Å². The second-order valence-corrected chi connectivity index (χ2v) is 2.27. The van der Waals surface area contributed by atoms with Crippen LogP contribution in [0.1, 0.15) is 24.0 Å². The molecule has 0 saturated carbocycles. The fourth-order valence-corrected chi connectivity index (χ4v) is 0.762. The maximum Gasteiger partial charge on any atom is 0.288 e. The number of carbonyl (C=O) groups is 1. The van der Waals surface area contributed by atoms with Gasteiger partial charge in [-0.05, 0) is 6.92 Å². The Hall–Kier alpha value is -1.83. The zero-order valence-electron chi connectivity index (χ0n) is 7.29. The Morgan fingerprint density at radius 3 is 3.23 bits per heavy atom. The molecule has 0 saturated heterocycles. The van der Waals surface area contributed by atoms with Crippen LogP contribution in [-0.4, -0.2) is 27.6 Å². The summed E-state index contributed by atoms with van der Waals surface area (Å²) in [5.41, 5.74) is 0. The van der Waals surface area contributed by atoms with E-state index in [9.17, 15) is 4.79 Å². The van der Waals surface area contributed by atoms with Gasteiger partial charge < -0.3 is 5.32 Å². The summed E-state index contributed by atoms with van der Waals surface area (Å²) < 4.78 is 0. The third kappa shape index (κ3) is 2.95. The van der Waals surface area contributed by atoms with Crippen LogP contribution in [0.5, 0.6) is 0 Å². The molecule has 1 rings (SSSR count). The van der Waals surface area contributed by atoms with E-state index in [0.717, 1.165) is 0 Å². The lowest BCUT2D eigenvalue weighted by atomic mass is 10.4. The minimum absolute atomic E-state index is 0.226. The van der Waals surface area contributed by atoms with Gasteiger partial charge in [-0.2, -0.15) is 5.10 Å². The number of aromatic nitrogens is 3. The summed E-state index contributed by atoms with van der Waals surface area (Å²) in [5, 5.41) is 8.68. The van der Waals surface area contributed by atoms with Gasteiger partial charge in [-0.15, -0.1) is 11.8 Å². The van der Waals surface area contributed by atoms with Crippen LogP contribution in [0.3, 0.4) is 0 Å². The lowest BCUT2D eigenvalue weighted by Crippen LogP contribution is -2.25. The van der Waals surface area contributed by atoms with Crippen LogP contribution in [0.25, 0.3) is 0 Å². The molecule has 0 atom stereocenters. The molecule has 2 N–H and O–H groups in total. The molecule has 68 valence electrons. The van der Waals surface area contributed by atoms with Gasteiger partial charge in [0.15, 0.2) is 0 Å². The first-order valence-corrected chi connectivity index (χ1v) is 3.87. The van der Waals surface area contributed by atoms with E-state index < -0.39 is 0 Å². The van der Waals surface area contributed by atoms with Crippen molar-refractivity contribution in [3.8, 4) is 11.8 Å². The summed E-state index contributed by atoms with van der Waals surface area (Å²) >= 11 is 0. The van der Waals surface area contributed by atoms with Crippen molar-refractivity contribution in [1.29, 1.82) is 0 Å². The smallest absolute Gasteiger partial charge is 0.288 e. The molecule has 0 aliphatic carbocycles. The first-order valence-electron chi connectivity index (χ1n) is 3.87. The molecular formula is C8H10N4O. The number of aromatic amines is 1. The Labute approximate surface area is 75.9 Å². The number of amides is 1. The molecule has 1 aromatic heterocycles. The first kappa shape index (κ1) is 9.26. The predicted octanol–water partition coefficient (Wildman–Crippen LogP) is -0.0521. The Bertz CT molecular complexity index is 320. The van der Waals surface area contributed by atoms with Crippen LogP contribution >= 0.6 is 0 Å². The highest BCUT2D eigenvalue weighted by molar-refractivity contribution is 5.90. The van der Waals surface area contributed by atoms with Crippen LogP contribution in [0.2, 0.25) is 0 Å². The van der Waals surface area contributed by atoms with Gasteiger partial charge in [-0.1, -0.05) is 0 Å². The Morgan fingerprint density at radius 2 is 2.62 bits per heavy atom. The zero-order chi connectivity index (χ0) is 9.52. The third-order valence-corrected chi connectivity index (χ3v) is 1.34. The van der Waals surface area contributed by atoms with Gasteiger partial charge in [0.05, 0.1) is 0 Å². The molecule has 1 aromatic rings. The minimum atomic E-state index is -0.254. The molecule has 0 radical (unpaired) electrons. The molecule has 0 aliphatic heterocycles. The van der Waals surface area contributed by atoms with Gasteiger partial charge in [0, 0.05) is 13.0 Å². The maximum atomic E-state index is 11.2. The topological polar surface area (TPSA) is 70.7 Å². The number of nitrogens with zero attached hydrogens (tertiary/aromatic N) is 2. The summed E-state index contributed by atoms with van der Waals surface area (Å²) in [5.74, 6) is 5.55. The van der Waals surface area contributed by atoms with E-state index in [0.29, 0.717) is 13.0 Å². The SMILES string of the molecule is CC#CCCNC(=O)c1ncn[nH]1. The van der Waals surface area contributed by atoms with E-state index in [1.165, 1.54) is 6.33 Å². The average Bonchev–Trinajstić information content (AvgIpc) is 2.65. The highest BCUT2D eigenvalue weighted by Gasteiger charge is 2.05. The third-order valence-electron chi connectivity index (χ3n) is 1.34. The molecule has 0 aliphatic rings.